The maximum absolute atomic E-state index is 9.60. The van der Waals surface area contributed by atoms with Gasteiger partial charge in [-0.1, -0.05) is 30.3 Å². The van der Waals surface area contributed by atoms with Gasteiger partial charge in [0.1, 0.15) is 0 Å². The number of allylic oxidation sites excluding steroid dienone is 1. The minimum absolute atomic E-state index is 0.107. The van der Waals surface area contributed by atoms with Crippen LogP contribution in [0.3, 0.4) is 0 Å². The second-order valence-electron chi connectivity index (χ2n) is 7.08. The van der Waals surface area contributed by atoms with Crippen molar-refractivity contribution in [2.24, 2.45) is 4.99 Å². The number of aliphatic imine (C=N–C) groups is 1. The lowest BCUT2D eigenvalue weighted by Crippen LogP contribution is -2.39. The third kappa shape index (κ3) is 6.81. The SMILES string of the molecule is C=CCCCN(C)C(=NC)NCc1ccc(CN2CCC(O)CC2)cc1. The summed E-state index contributed by atoms with van der Waals surface area (Å²) in [5, 5.41) is 13.0. The molecule has 0 saturated carbocycles. The van der Waals surface area contributed by atoms with E-state index < -0.39 is 0 Å². The first kappa shape index (κ1) is 20.5. The van der Waals surface area contributed by atoms with E-state index in [-0.39, 0.29) is 6.10 Å². The normalized spacial score (nSPS) is 16.5. The summed E-state index contributed by atoms with van der Waals surface area (Å²) in [4.78, 5) is 8.93. The lowest BCUT2D eigenvalue weighted by molar-refractivity contribution is 0.0792. The van der Waals surface area contributed by atoms with Crippen LogP contribution in [-0.4, -0.2) is 60.7 Å². The summed E-state index contributed by atoms with van der Waals surface area (Å²) in [6.07, 6.45) is 5.74. The molecule has 144 valence electrons. The topological polar surface area (TPSA) is 51.1 Å². The molecule has 0 amide bonds. The van der Waals surface area contributed by atoms with Crippen molar-refractivity contribution in [1.29, 1.82) is 0 Å². The Morgan fingerprint density at radius 2 is 1.96 bits per heavy atom. The van der Waals surface area contributed by atoms with E-state index in [1.165, 1.54) is 11.1 Å². The zero-order chi connectivity index (χ0) is 18.8. The third-order valence-electron chi connectivity index (χ3n) is 4.91. The van der Waals surface area contributed by atoms with Gasteiger partial charge in [0, 0.05) is 46.8 Å². The summed E-state index contributed by atoms with van der Waals surface area (Å²) in [5.74, 6) is 0.921. The molecule has 0 atom stereocenters. The van der Waals surface area contributed by atoms with Crippen molar-refractivity contribution in [3.8, 4) is 0 Å². The van der Waals surface area contributed by atoms with Gasteiger partial charge >= 0.3 is 0 Å². The Bertz CT molecular complexity index is 562. The van der Waals surface area contributed by atoms with E-state index in [9.17, 15) is 5.11 Å². The van der Waals surface area contributed by atoms with Crippen molar-refractivity contribution >= 4 is 5.96 Å². The summed E-state index contributed by atoms with van der Waals surface area (Å²) in [6.45, 7) is 8.44. The Kier molecular flexibility index (Phi) is 8.65. The molecule has 0 radical (unpaired) electrons. The van der Waals surface area contributed by atoms with Gasteiger partial charge in [-0.2, -0.15) is 0 Å². The quantitative estimate of drug-likeness (QED) is 0.325. The van der Waals surface area contributed by atoms with Gasteiger partial charge in [0.2, 0.25) is 0 Å². The van der Waals surface area contributed by atoms with Gasteiger partial charge < -0.3 is 15.3 Å². The average molecular weight is 359 g/mol. The Labute approximate surface area is 158 Å². The number of piperidine rings is 1. The highest BCUT2D eigenvalue weighted by molar-refractivity contribution is 5.79. The molecule has 2 rings (SSSR count). The number of aliphatic hydroxyl groups excluding tert-OH is 1. The van der Waals surface area contributed by atoms with Gasteiger partial charge in [-0.15, -0.1) is 6.58 Å². The van der Waals surface area contributed by atoms with Crippen LogP contribution in [0.2, 0.25) is 0 Å². The van der Waals surface area contributed by atoms with E-state index >= 15 is 0 Å². The number of nitrogens with zero attached hydrogens (tertiary/aromatic N) is 3. The van der Waals surface area contributed by atoms with E-state index in [2.05, 4.69) is 58.0 Å². The number of likely N-dealkylation sites (tertiary alicyclic amines) is 1. The highest BCUT2D eigenvalue weighted by atomic mass is 16.3. The zero-order valence-electron chi connectivity index (χ0n) is 16.3. The van der Waals surface area contributed by atoms with Gasteiger partial charge in [0.15, 0.2) is 5.96 Å². The molecule has 0 aliphatic carbocycles. The van der Waals surface area contributed by atoms with E-state index in [1.54, 1.807) is 0 Å². The fraction of sp³-hybridized carbons (Fsp3) is 0.571. The number of nitrogens with one attached hydrogen (secondary N) is 1. The lowest BCUT2D eigenvalue weighted by atomic mass is 10.1. The largest absolute Gasteiger partial charge is 0.393 e. The molecule has 0 spiro atoms. The second-order valence-corrected chi connectivity index (χ2v) is 7.08. The highest BCUT2D eigenvalue weighted by Gasteiger charge is 2.16. The molecule has 5 nitrogen and oxygen atoms in total. The summed E-state index contributed by atoms with van der Waals surface area (Å²) < 4.78 is 0. The Hall–Kier alpha value is -1.85. The molecule has 0 bridgehead atoms. The van der Waals surface area contributed by atoms with Crippen molar-refractivity contribution in [3.05, 3.63) is 48.0 Å². The van der Waals surface area contributed by atoms with E-state index in [0.717, 1.165) is 64.4 Å². The number of rotatable bonds is 8. The average Bonchev–Trinajstić information content (AvgIpc) is 2.65. The van der Waals surface area contributed by atoms with Gasteiger partial charge in [-0.05, 0) is 36.8 Å². The zero-order valence-corrected chi connectivity index (χ0v) is 16.3. The third-order valence-corrected chi connectivity index (χ3v) is 4.91. The molecule has 2 N–H and O–H groups in total. The summed E-state index contributed by atoms with van der Waals surface area (Å²) in [7, 11) is 3.89. The van der Waals surface area contributed by atoms with Gasteiger partial charge in [0.05, 0.1) is 6.10 Å². The van der Waals surface area contributed by atoms with E-state index in [1.807, 2.05) is 13.1 Å². The molecule has 1 fully saturated rings. The number of benzene rings is 1. The van der Waals surface area contributed by atoms with Crippen molar-refractivity contribution in [2.75, 3.05) is 33.7 Å². The van der Waals surface area contributed by atoms with Crippen LogP contribution in [0.5, 0.6) is 0 Å². The van der Waals surface area contributed by atoms with Crippen LogP contribution in [-0.2, 0) is 13.1 Å². The summed E-state index contributed by atoms with van der Waals surface area (Å²) >= 11 is 0. The van der Waals surface area contributed by atoms with Crippen LogP contribution < -0.4 is 5.32 Å². The van der Waals surface area contributed by atoms with Crippen LogP contribution in [0.4, 0.5) is 0 Å². The minimum atomic E-state index is -0.107. The molecule has 1 aromatic carbocycles. The summed E-state index contributed by atoms with van der Waals surface area (Å²) in [6, 6.07) is 8.79. The standard InChI is InChI=1S/C21H34N4O/c1-4-5-6-13-24(3)21(22-2)23-16-18-7-9-19(10-8-18)17-25-14-11-20(26)12-15-25/h4,7-10,20,26H,1,5-6,11-17H2,2-3H3,(H,22,23). The number of hydrogen-bond donors (Lipinski definition) is 2. The first-order valence-electron chi connectivity index (χ1n) is 9.63. The predicted molar refractivity (Wildman–Crippen MR) is 109 cm³/mol. The molecular weight excluding hydrogens is 324 g/mol. The van der Waals surface area contributed by atoms with Crippen LogP contribution in [0.1, 0.15) is 36.8 Å². The maximum atomic E-state index is 9.60. The van der Waals surface area contributed by atoms with E-state index in [4.69, 9.17) is 0 Å². The molecule has 1 aromatic rings. The first-order chi connectivity index (χ1) is 12.6. The van der Waals surface area contributed by atoms with Crippen molar-refractivity contribution in [2.45, 2.75) is 44.9 Å². The number of hydrogen-bond acceptors (Lipinski definition) is 3. The highest BCUT2D eigenvalue weighted by Crippen LogP contribution is 2.14. The number of unbranched alkanes of at least 4 members (excludes halogenated alkanes) is 1. The Balaban J connectivity index is 1.78. The van der Waals surface area contributed by atoms with Crippen LogP contribution in [0.25, 0.3) is 0 Å². The molecule has 5 heteroatoms. The van der Waals surface area contributed by atoms with Gasteiger partial charge in [-0.25, -0.2) is 0 Å². The molecule has 0 aromatic heterocycles. The molecule has 26 heavy (non-hydrogen) atoms. The van der Waals surface area contributed by atoms with Gasteiger partial charge in [-0.3, -0.25) is 9.89 Å². The maximum Gasteiger partial charge on any atom is 0.193 e. The molecule has 1 heterocycles. The van der Waals surface area contributed by atoms with Crippen molar-refractivity contribution in [1.82, 2.24) is 15.1 Å². The minimum Gasteiger partial charge on any atom is -0.393 e. The summed E-state index contributed by atoms with van der Waals surface area (Å²) in [5.41, 5.74) is 2.58. The molecule has 1 aliphatic rings. The molecule has 0 unspecified atom stereocenters. The fourth-order valence-electron chi connectivity index (χ4n) is 3.24. The second kappa shape index (κ2) is 11.0. The van der Waals surface area contributed by atoms with Crippen molar-refractivity contribution in [3.63, 3.8) is 0 Å². The number of aliphatic hydroxyl groups is 1. The van der Waals surface area contributed by atoms with Crippen molar-refractivity contribution < 1.29 is 5.11 Å². The van der Waals surface area contributed by atoms with Crippen LogP contribution >= 0.6 is 0 Å². The lowest BCUT2D eigenvalue weighted by Gasteiger charge is -2.29. The number of guanidine groups is 1. The van der Waals surface area contributed by atoms with Crippen LogP contribution in [0.15, 0.2) is 41.9 Å². The molecular formula is C21H34N4O. The Morgan fingerprint density at radius 3 is 2.58 bits per heavy atom. The van der Waals surface area contributed by atoms with Gasteiger partial charge in [0.25, 0.3) is 0 Å². The molecule has 1 saturated heterocycles. The van der Waals surface area contributed by atoms with Crippen LogP contribution in [0, 0.1) is 0 Å². The Morgan fingerprint density at radius 1 is 1.31 bits per heavy atom. The first-order valence-corrected chi connectivity index (χ1v) is 9.63. The predicted octanol–water partition coefficient (Wildman–Crippen LogP) is 2.62. The fourth-order valence-corrected chi connectivity index (χ4v) is 3.24. The molecule has 1 aliphatic heterocycles. The van der Waals surface area contributed by atoms with E-state index in [0.29, 0.717) is 0 Å². The monoisotopic (exact) mass is 358 g/mol. The smallest absolute Gasteiger partial charge is 0.193 e.